The molecule has 0 aromatic carbocycles. The van der Waals surface area contributed by atoms with E-state index in [1.54, 1.807) is 0 Å². The van der Waals surface area contributed by atoms with E-state index in [1.807, 2.05) is 25.7 Å². The topological polar surface area (TPSA) is 29.5 Å². The second-order valence-corrected chi connectivity index (χ2v) is 9.04. The number of rotatable bonds is 2. The van der Waals surface area contributed by atoms with Crippen molar-refractivity contribution in [2.75, 3.05) is 6.54 Å². The third kappa shape index (κ3) is 5.72. The number of hydrogen-bond acceptors (Lipinski definition) is 2. The Morgan fingerprint density at radius 2 is 2.05 bits per heavy atom. The molecular formula is C15H28BrNO2. The SMILES string of the molecule is CC(Br)CC1CCC(C)(C)CN1C(=O)OC(C)(C)C. The quantitative estimate of drug-likeness (QED) is 0.692. The smallest absolute Gasteiger partial charge is 0.410 e. The lowest BCUT2D eigenvalue weighted by atomic mass is 9.80. The van der Waals surface area contributed by atoms with Crippen LogP contribution in [-0.4, -0.2) is 34.0 Å². The van der Waals surface area contributed by atoms with Gasteiger partial charge in [0.2, 0.25) is 0 Å². The molecule has 1 amide bonds. The predicted octanol–water partition coefficient (Wildman–Crippen LogP) is 4.59. The number of piperidine rings is 1. The van der Waals surface area contributed by atoms with Crippen molar-refractivity contribution in [2.45, 2.75) is 77.3 Å². The van der Waals surface area contributed by atoms with Crippen LogP contribution in [0.1, 0.15) is 60.8 Å². The maximum absolute atomic E-state index is 12.4. The van der Waals surface area contributed by atoms with Crippen LogP contribution in [0.4, 0.5) is 4.79 Å². The van der Waals surface area contributed by atoms with Crippen molar-refractivity contribution in [3.63, 3.8) is 0 Å². The first-order valence-corrected chi connectivity index (χ1v) is 8.05. The highest BCUT2D eigenvalue weighted by molar-refractivity contribution is 9.09. The molecule has 19 heavy (non-hydrogen) atoms. The highest BCUT2D eigenvalue weighted by Crippen LogP contribution is 2.35. The summed E-state index contributed by atoms with van der Waals surface area (Å²) in [6.45, 7) is 13.1. The van der Waals surface area contributed by atoms with Crippen molar-refractivity contribution in [1.29, 1.82) is 0 Å². The summed E-state index contributed by atoms with van der Waals surface area (Å²) < 4.78 is 5.55. The monoisotopic (exact) mass is 333 g/mol. The molecule has 4 heteroatoms. The van der Waals surface area contributed by atoms with Gasteiger partial charge < -0.3 is 9.64 Å². The Morgan fingerprint density at radius 3 is 2.53 bits per heavy atom. The number of nitrogens with zero attached hydrogens (tertiary/aromatic N) is 1. The van der Waals surface area contributed by atoms with Gasteiger partial charge in [0.05, 0.1) is 0 Å². The van der Waals surface area contributed by atoms with Crippen LogP contribution in [0.25, 0.3) is 0 Å². The minimum absolute atomic E-state index is 0.168. The summed E-state index contributed by atoms with van der Waals surface area (Å²) in [5.74, 6) is 0. The van der Waals surface area contributed by atoms with E-state index in [-0.39, 0.29) is 17.6 Å². The van der Waals surface area contributed by atoms with E-state index in [0.717, 1.165) is 25.8 Å². The number of carbonyl (C=O) groups is 1. The molecule has 0 aliphatic carbocycles. The second kappa shape index (κ2) is 6.02. The molecule has 0 bridgehead atoms. The number of carbonyl (C=O) groups excluding carboxylic acids is 1. The molecule has 112 valence electrons. The number of hydrogen-bond donors (Lipinski definition) is 0. The number of alkyl halides is 1. The zero-order chi connectivity index (χ0) is 14.8. The highest BCUT2D eigenvalue weighted by atomic mass is 79.9. The molecule has 1 aliphatic rings. The summed E-state index contributed by atoms with van der Waals surface area (Å²) in [5.41, 5.74) is -0.244. The standard InChI is InChI=1S/C15H28BrNO2/c1-11(16)9-12-7-8-15(5,6)10-17(12)13(18)19-14(2,3)4/h11-12H,7-10H2,1-6H3. The first-order valence-electron chi connectivity index (χ1n) is 7.14. The first kappa shape index (κ1) is 16.8. The minimum Gasteiger partial charge on any atom is -0.444 e. The normalized spacial score (nSPS) is 25.0. The van der Waals surface area contributed by atoms with Gasteiger partial charge in [0.25, 0.3) is 0 Å². The van der Waals surface area contributed by atoms with Gasteiger partial charge in [-0.25, -0.2) is 4.79 Å². The summed E-state index contributed by atoms with van der Waals surface area (Å²) in [7, 11) is 0. The Kier molecular flexibility index (Phi) is 5.33. The third-order valence-corrected chi connectivity index (χ3v) is 3.79. The Balaban J connectivity index is 2.79. The van der Waals surface area contributed by atoms with Crippen molar-refractivity contribution in [3.8, 4) is 0 Å². The molecule has 1 aliphatic heterocycles. The molecule has 0 saturated carbocycles. The summed E-state index contributed by atoms with van der Waals surface area (Å²) in [4.78, 5) is 14.7. The fraction of sp³-hybridized carbons (Fsp3) is 0.933. The van der Waals surface area contributed by atoms with Crippen molar-refractivity contribution in [3.05, 3.63) is 0 Å². The molecule has 2 unspecified atom stereocenters. The van der Waals surface area contributed by atoms with E-state index in [9.17, 15) is 4.79 Å². The molecular weight excluding hydrogens is 306 g/mol. The number of halogens is 1. The van der Waals surface area contributed by atoms with Crippen LogP contribution >= 0.6 is 15.9 Å². The molecule has 1 rings (SSSR count). The Labute approximate surface area is 126 Å². The summed E-state index contributed by atoms with van der Waals surface area (Å²) in [6.07, 6.45) is 3.03. The van der Waals surface area contributed by atoms with Crippen LogP contribution in [0.2, 0.25) is 0 Å². The average molecular weight is 334 g/mol. The van der Waals surface area contributed by atoms with Crippen LogP contribution in [0.15, 0.2) is 0 Å². The fourth-order valence-electron chi connectivity index (χ4n) is 2.54. The predicted molar refractivity (Wildman–Crippen MR) is 82.7 cm³/mol. The largest absolute Gasteiger partial charge is 0.444 e. The molecule has 1 fully saturated rings. The third-order valence-electron chi connectivity index (χ3n) is 3.42. The zero-order valence-electron chi connectivity index (χ0n) is 13.1. The van der Waals surface area contributed by atoms with Crippen LogP contribution < -0.4 is 0 Å². The maximum atomic E-state index is 12.4. The van der Waals surface area contributed by atoms with E-state index in [4.69, 9.17) is 4.74 Å². The molecule has 1 saturated heterocycles. The molecule has 0 radical (unpaired) electrons. The van der Waals surface area contributed by atoms with Gasteiger partial charge in [-0.2, -0.15) is 0 Å². The molecule has 0 N–H and O–H groups in total. The molecule has 0 aromatic heterocycles. The van der Waals surface area contributed by atoms with Gasteiger partial charge in [0.15, 0.2) is 0 Å². The van der Waals surface area contributed by atoms with Crippen molar-refractivity contribution >= 4 is 22.0 Å². The van der Waals surface area contributed by atoms with Gasteiger partial charge in [-0.05, 0) is 45.4 Å². The maximum Gasteiger partial charge on any atom is 0.410 e. The van der Waals surface area contributed by atoms with Crippen LogP contribution in [-0.2, 0) is 4.74 Å². The second-order valence-electron chi connectivity index (χ2n) is 7.48. The Hall–Kier alpha value is -0.250. The van der Waals surface area contributed by atoms with Gasteiger partial charge in [-0.3, -0.25) is 0 Å². The summed E-state index contributed by atoms with van der Waals surface area (Å²) in [6, 6.07) is 0.289. The number of ether oxygens (including phenoxy) is 1. The molecule has 0 aromatic rings. The van der Waals surface area contributed by atoms with E-state index in [0.29, 0.717) is 4.83 Å². The van der Waals surface area contributed by atoms with E-state index in [2.05, 4.69) is 36.7 Å². The Morgan fingerprint density at radius 1 is 1.47 bits per heavy atom. The number of amides is 1. The van der Waals surface area contributed by atoms with Gasteiger partial charge in [0, 0.05) is 17.4 Å². The minimum atomic E-state index is -0.427. The van der Waals surface area contributed by atoms with E-state index < -0.39 is 5.60 Å². The lowest BCUT2D eigenvalue weighted by Gasteiger charge is -2.44. The average Bonchev–Trinajstić information content (AvgIpc) is 2.17. The lowest BCUT2D eigenvalue weighted by Crippen LogP contribution is -2.51. The van der Waals surface area contributed by atoms with Crippen LogP contribution in [0, 0.1) is 5.41 Å². The van der Waals surface area contributed by atoms with Gasteiger partial charge >= 0.3 is 6.09 Å². The van der Waals surface area contributed by atoms with E-state index in [1.165, 1.54) is 0 Å². The summed E-state index contributed by atoms with van der Waals surface area (Å²) >= 11 is 3.60. The van der Waals surface area contributed by atoms with Gasteiger partial charge in [-0.1, -0.05) is 36.7 Å². The van der Waals surface area contributed by atoms with Gasteiger partial charge in [0.1, 0.15) is 5.60 Å². The number of likely N-dealkylation sites (tertiary alicyclic amines) is 1. The fourth-order valence-corrected chi connectivity index (χ4v) is 2.97. The first-order chi connectivity index (χ1) is 8.50. The van der Waals surface area contributed by atoms with Crippen molar-refractivity contribution in [1.82, 2.24) is 4.90 Å². The molecule has 1 heterocycles. The van der Waals surface area contributed by atoms with Gasteiger partial charge in [-0.15, -0.1) is 0 Å². The van der Waals surface area contributed by atoms with Crippen LogP contribution in [0.3, 0.4) is 0 Å². The van der Waals surface area contributed by atoms with Crippen molar-refractivity contribution < 1.29 is 9.53 Å². The molecule has 0 spiro atoms. The highest BCUT2D eigenvalue weighted by Gasteiger charge is 2.37. The molecule has 2 atom stereocenters. The lowest BCUT2D eigenvalue weighted by molar-refractivity contribution is -0.00847. The zero-order valence-corrected chi connectivity index (χ0v) is 14.7. The Bertz CT molecular complexity index is 321. The summed E-state index contributed by atoms with van der Waals surface area (Å²) in [5, 5.41) is 0. The van der Waals surface area contributed by atoms with Crippen molar-refractivity contribution in [2.24, 2.45) is 5.41 Å². The molecule has 3 nitrogen and oxygen atoms in total. The van der Waals surface area contributed by atoms with Crippen LogP contribution in [0.5, 0.6) is 0 Å². The van der Waals surface area contributed by atoms with E-state index >= 15 is 0 Å².